The van der Waals surface area contributed by atoms with Gasteiger partial charge in [-0.25, -0.2) is 0 Å². The summed E-state index contributed by atoms with van der Waals surface area (Å²) < 4.78 is 5.84. The Bertz CT molecular complexity index is 949. The second-order valence-corrected chi connectivity index (χ2v) is 10.5. The fourth-order valence-corrected chi connectivity index (χ4v) is 5.27. The third kappa shape index (κ3) is 6.34. The first kappa shape index (κ1) is 24.6. The summed E-state index contributed by atoms with van der Waals surface area (Å²) >= 11 is 12.0. The molecule has 2 aromatic rings. The predicted octanol–water partition coefficient (Wildman–Crippen LogP) is 4.93. The lowest BCUT2D eigenvalue weighted by molar-refractivity contribution is -0.0283. The Balaban J connectivity index is 1.28. The average molecular weight is 493 g/mol. The second kappa shape index (κ2) is 10.4. The number of anilines is 1. The molecule has 0 bridgehead atoms. The van der Waals surface area contributed by atoms with E-state index in [2.05, 4.69) is 41.0 Å². The average Bonchev–Trinajstić information content (AvgIpc) is 2.97. The Morgan fingerprint density at radius 2 is 1.61 bits per heavy atom. The number of aryl methyl sites for hydroxylation is 1. The van der Waals surface area contributed by atoms with Crippen LogP contribution in [-0.4, -0.2) is 65.6 Å². The molecule has 0 saturated carbocycles. The number of aliphatic hydroxyl groups is 2. The zero-order valence-electron chi connectivity index (χ0n) is 19.3. The standard InChI is InChI=1S/C26H34Cl2N2O3/c1-20-5-2-3-6-24(20)30-15-11-25(31,12-16-30)18-29-13-4-9-26(32,10-14-29)19-33-21-7-8-22(27)23(28)17-21/h2-3,5-8,17,31-32H,4,9-16,18-19H2,1H3/t26-/m1/s1. The molecule has 4 rings (SSSR count). The fraction of sp³-hybridized carbons (Fsp3) is 0.538. The van der Waals surface area contributed by atoms with E-state index in [9.17, 15) is 10.2 Å². The van der Waals surface area contributed by atoms with E-state index in [1.54, 1.807) is 18.2 Å². The van der Waals surface area contributed by atoms with E-state index in [1.807, 2.05) is 0 Å². The van der Waals surface area contributed by atoms with Crippen molar-refractivity contribution in [3.05, 3.63) is 58.1 Å². The number of rotatable bonds is 6. The molecule has 2 aromatic carbocycles. The summed E-state index contributed by atoms with van der Waals surface area (Å²) in [5.41, 5.74) is 0.967. The van der Waals surface area contributed by atoms with E-state index in [0.29, 0.717) is 35.2 Å². The second-order valence-electron chi connectivity index (χ2n) is 9.72. The van der Waals surface area contributed by atoms with Crippen molar-refractivity contribution in [2.24, 2.45) is 0 Å². The molecular weight excluding hydrogens is 459 g/mol. The van der Waals surface area contributed by atoms with Crippen LogP contribution in [0.2, 0.25) is 10.0 Å². The summed E-state index contributed by atoms with van der Waals surface area (Å²) in [6, 6.07) is 13.6. The molecule has 0 aliphatic carbocycles. The summed E-state index contributed by atoms with van der Waals surface area (Å²) in [5.74, 6) is 0.605. The molecule has 0 unspecified atom stereocenters. The van der Waals surface area contributed by atoms with Gasteiger partial charge in [0.1, 0.15) is 12.4 Å². The lowest BCUT2D eigenvalue weighted by Crippen LogP contribution is -2.51. The lowest BCUT2D eigenvalue weighted by atomic mass is 9.90. The molecule has 2 heterocycles. The highest BCUT2D eigenvalue weighted by molar-refractivity contribution is 6.42. The molecule has 33 heavy (non-hydrogen) atoms. The molecule has 0 radical (unpaired) electrons. The van der Waals surface area contributed by atoms with E-state index >= 15 is 0 Å². The van der Waals surface area contributed by atoms with Gasteiger partial charge in [0.05, 0.1) is 21.2 Å². The molecule has 1 atom stereocenters. The van der Waals surface area contributed by atoms with Gasteiger partial charge in [-0.2, -0.15) is 0 Å². The summed E-state index contributed by atoms with van der Waals surface area (Å²) in [5, 5.41) is 23.4. The van der Waals surface area contributed by atoms with Crippen molar-refractivity contribution in [3.63, 3.8) is 0 Å². The van der Waals surface area contributed by atoms with Gasteiger partial charge in [0, 0.05) is 37.9 Å². The number of likely N-dealkylation sites (tertiary alicyclic amines) is 1. The molecule has 2 fully saturated rings. The maximum atomic E-state index is 11.3. The van der Waals surface area contributed by atoms with E-state index in [0.717, 1.165) is 45.4 Å². The molecule has 0 aromatic heterocycles. The monoisotopic (exact) mass is 492 g/mol. The van der Waals surface area contributed by atoms with Crippen LogP contribution in [-0.2, 0) is 0 Å². The van der Waals surface area contributed by atoms with Crippen molar-refractivity contribution in [1.29, 1.82) is 0 Å². The SMILES string of the molecule is Cc1ccccc1N1CCC(O)(CN2CCC[C@](O)(COc3ccc(Cl)c(Cl)c3)CC2)CC1. The Hall–Kier alpha value is -1.50. The Morgan fingerprint density at radius 1 is 0.879 bits per heavy atom. The Labute approximate surface area is 206 Å². The smallest absolute Gasteiger partial charge is 0.121 e. The third-order valence-electron chi connectivity index (χ3n) is 7.08. The van der Waals surface area contributed by atoms with Crippen LogP contribution < -0.4 is 9.64 Å². The molecule has 7 heteroatoms. The number of β-amino-alcohol motifs (C(OH)–C–C–N with tert-alkyl or cyclic N) is 1. The molecule has 180 valence electrons. The van der Waals surface area contributed by atoms with Crippen LogP contribution in [0.4, 0.5) is 5.69 Å². The fourth-order valence-electron chi connectivity index (χ4n) is 4.98. The minimum Gasteiger partial charge on any atom is -0.491 e. The van der Waals surface area contributed by atoms with Crippen molar-refractivity contribution in [2.45, 2.75) is 50.2 Å². The number of nitrogens with zero attached hydrogens (tertiary/aromatic N) is 2. The first-order valence-electron chi connectivity index (χ1n) is 11.8. The Kier molecular flexibility index (Phi) is 7.76. The normalized spacial score (nSPS) is 23.8. The zero-order valence-corrected chi connectivity index (χ0v) is 20.8. The Morgan fingerprint density at radius 3 is 2.33 bits per heavy atom. The summed E-state index contributed by atoms with van der Waals surface area (Å²) in [4.78, 5) is 4.69. The van der Waals surface area contributed by atoms with Gasteiger partial charge in [-0.3, -0.25) is 0 Å². The first-order valence-corrected chi connectivity index (χ1v) is 12.6. The van der Waals surface area contributed by atoms with Gasteiger partial charge in [-0.05, 0) is 69.3 Å². The van der Waals surface area contributed by atoms with Crippen LogP contribution in [0.3, 0.4) is 0 Å². The van der Waals surface area contributed by atoms with Gasteiger partial charge in [-0.1, -0.05) is 41.4 Å². The summed E-state index contributed by atoms with van der Waals surface area (Å²) in [6.45, 7) is 6.34. The number of hydrogen-bond acceptors (Lipinski definition) is 5. The zero-order chi connectivity index (χ0) is 23.5. The van der Waals surface area contributed by atoms with Crippen LogP contribution in [0.25, 0.3) is 0 Å². The van der Waals surface area contributed by atoms with Crippen LogP contribution in [0.5, 0.6) is 5.75 Å². The van der Waals surface area contributed by atoms with Crippen LogP contribution in [0.1, 0.15) is 37.7 Å². The maximum Gasteiger partial charge on any atom is 0.121 e. The molecular formula is C26H34Cl2N2O3. The van der Waals surface area contributed by atoms with E-state index in [1.165, 1.54) is 11.3 Å². The molecule has 5 nitrogen and oxygen atoms in total. The number of para-hydroxylation sites is 1. The van der Waals surface area contributed by atoms with Crippen LogP contribution in [0.15, 0.2) is 42.5 Å². The van der Waals surface area contributed by atoms with Gasteiger partial charge in [-0.15, -0.1) is 0 Å². The highest BCUT2D eigenvalue weighted by Gasteiger charge is 2.37. The topological polar surface area (TPSA) is 56.2 Å². The van der Waals surface area contributed by atoms with Crippen LogP contribution in [0, 0.1) is 6.92 Å². The lowest BCUT2D eigenvalue weighted by Gasteiger charge is -2.42. The molecule has 2 aliphatic rings. The largest absolute Gasteiger partial charge is 0.491 e. The minimum absolute atomic E-state index is 0.217. The van der Waals surface area contributed by atoms with Crippen molar-refractivity contribution < 1.29 is 14.9 Å². The van der Waals surface area contributed by atoms with Crippen molar-refractivity contribution in [1.82, 2.24) is 4.90 Å². The molecule has 0 spiro atoms. The number of hydrogen-bond donors (Lipinski definition) is 2. The quantitative estimate of drug-likeness (QED) is 0.598. The molecule has 2 N–H and O–H groups in total. The first-order chi connectivity index (χ1) is 15.8. The molecule has 2 saturated heterocycles. The molecule has 2 aliphatic heterocycles. The predicted molar refractivity (Wildman–Crippen MR) is 135 cm³/mol. The van der Waals surface area contributed by atoms with E-state index < -0.39 is 11.2 Å². The number of halogens is 2. The van der Waals surface area contributed by atoms with Gasteiger partial charge in [0.25, 0.3) is 0 Å². The highest BCUT2D eigenvalue weighted by atomic mass is 35.5. The van der Waals surface area contributed by atoms with Crippen molar-refractivity contribution in [2.75, 3.05) is 44.2 Å². The minimum atomic E-state index is -0.891. The van der Waals surface area contributed by atoms with Crippen LogP contribution >= 0.6 is 23.2 Å². The van der Waals surface area contributed by atoms with Gasteiger partial charge in [0.15, 0.2) is 0 Å². The van der Waals surface area contributed by atoms with E-state index in [-0.39, 0.29) is 6.61 Å². The summed E-state index contributed by atoms with van der Waals surface area (Å²) in [7, 11) is 0. The van der Waals surface area contributed by atoms with Gasteiger partial charge < -0.3 is 24.7 Å². The number of piperidine rings is 1. The van der Waals surface area contributed by atoms with Crippen molar-refractivity contribution >= 4 is 28.9 Å². The van der Waals surface area contributed by atoms with Gasteiger partial charge >= 0.3 is 0 Å². The maximum absolute atomic E-state index is 11.3. The third-order valence-corrected chi connectivity index (χ3v) is 7.82. The summed E-state index contributed by atoms with van der Waals surface area (Å²) in [6.07, 6.45) is 3.65. The molecule has 0 amide bonds. The van der Waals surface area contributed by atoms with Crippen molar-refractivity contribution in [3.8, 4) is 5.75 Å². The number of ether oxygens (including phenoxy) is 1. The highest BCUT2D eigenvalue weighted by Crippen LogP contribution is 2.31. The van der Waals surface area contributed by atoms with Gasteiger partial charge in [0.2, 0.25) is 0 Å². The van der Waals surface area contributed by atoms with E-state index in [4.69, 9.17) is 27.9 Å². The number of benzene rings is 2.